The summed E-state index contributed by atoms with van der Waals surface area (Å²) in [6.45, 7) is 0.734. The van der Waals surface area contributed by atoms with Gasteiger partial charge in [0, 0.05) is 24.1 Å². The largest absolute Gasteiger partial charge is 0.309 e. The highest BCUT2D eigenvalue weighted by atomic mass is 19.3. The molecule has 1 N–H and O–H groups in total. The van der Waals surface area contributed by atoms with E-state index in [2.05, 4.69) is 29.6 Å². The normalized spacial score (nSPS) is 21.1. The molecule has 0 aliphatic heterocycles. The van der Waals surface area contributed by atoms with Gasteiger partial charge >= 0.3 is 0 Å². The quantitative estimate of drug-likeness (QED) is 0.857. The molecule has 20 heavy (non-hydrogen) atoms. The standard InChI is InChI=1S/C17H17F2N/c18-17(19)14-8-6-12(7-9-14)11-20-16-10-15(16)13-4-2-1-3-5-13/h1-9,15-17,20H,10-11H2. The fourth-order valence-corrected chi connectivity index (χ4v) is 2.52. The smallest absolute Gasteiger partial charge is 0.263 e. The van der Waals surface area contributed by atoms with E-state index in [1.165, 1.54) is 17.7 Å². The van der Waals surface area contributed by atoms with Crippen LogP contribution in [0.3, 0.4) is 0 Å². The Bertz CT molecular complexity index is 551. The van der Waals surface area contributed by atoms with Crippen molar-refractivity contribution in [2.24, 2.45) is 0 Å². The van der Waals surface area contributed by atoms with E-state index in [9.17, 15) is 8.78 Å². The van der Waals surface area contributed by atoms with Gasteiger partial charge in [-0.15, -0.1) is 0 Å². The van der Waals surface area contributed by atoms with Gasteiger partial charge in [0.25, 0.3) is 6.43 Å². The van der Waals surface area contributed by atoms with Gasteiger partial charge in [-0.2, -0.15) is 0 Å². The lowest BCUT2D eigenvalue weighted by Gasteiger charge is -2.06. The summed E-state index contributed by atoms with van der Waals surface area (Å²) in [6, 6.07) is 17.5. The van der Waals surface area contributed by atoms with E-state index in [1.807, 2.05) is 6.07 Å². The fourth-order valence-electron chi connectivity index (χ4n) is 2.52. The van der Waals surface area contributed by atoms with Gasteiger partial charge in [0.2, 0.25) is 0 Å². The molecule has 2 unspecified atom stereocenters. The summed E-state index contributed by atoms with van der Waals surface area (Å²) < 4.78 is 24.9. The molecule has 0 spiro atoms. The zero-order valence-electron chi connectivity index (χ0n) is 11.1. The van der Waals surface area contributed by atoms with Crippen molar-refractivity contribution in [3.63, 3.8) is 0 Å². The molecule has 3 rings (SSSR count). The number of halogens is 2. The molecule has 1 fully saturated rings. The van der Waals surface area contributed by atoms with Gasteiger partial charge in [0.1, 0.15) is 0 Å². The van der Waals surface area contributed by atoms with Gasteiger partial charge in [0.15, 0.2) is 0 Å². The molecular weight excluding hydrogens is 256 g/mol. The predicted octanol–water partition coefficient (Wildman–Crippen LogP) is 4.27. The number of rotatable bonds is 5. The second kappa shape index (κ2) is 5.71. The first kappa shape index (κ1) is 13.3. The molecule has 0 aromatic heterocycles. The zero-order valence-corrected chi connectivity index (χ0v) is 11.1. The Morgan fingerprint density at radius 1 is 1.00 bits per heavy atom. The topological polar surface area (TPSA) is 12.0 Å². The van der Waals surface area contributed by atoms with E-state index >= 15 is 0 Å². The summed E-state index contributed by atoms with van der Waals surface area (Å²) >= 11 is 0. The molecule has 2 atom stereocenters. The molecule has 0 amide bonds. The number of nitrogens with one attached hydrogen (secondary N) is 1. The summed E-state index contributed by atoms with van der Waals surface area (Å²) in [5.74, 6) is 0.594. The van der Waals surface area contributed by atoms with E-state index < -0.39 is 6.43 Å². The molecule has 1 aliphatic carbocycles. The highest BCUT2D eigenvalue weighted by Gasteiger charge is 2.37. The minimum Gasteiger partial charge on any atom is -0.309 e. The first-order chi connectivity index (χ1) is 9.74. The Morgan fingerprint density at radius 2 is 1.70 bits per heavy atom. The van der Waals surface area contributed by atoms with E-state index in [1.54, 1.807) is 12.1 Å². The molecule has 0 saturated heterocycles. The van der Waals surface area contributed by atoms with Crippen molar-refractivity contribution < 1.29 is 8.78 Å². The summed E-state index contributed by atoms with van der Waals surface area (Å²) in [6.07, 6.45) is -1.23. The Morgan fingerprint density at radius 3 is 2.35 bits per heavy atom. The third-order valence-corrected chi connectivity index (χ3v) is 3.82. The van der Waals surface area contributed by atoms with Crippen molar-refractivity contribution in [3.05, 3.63) is 71.3 Å². The molecule has 3 heteroatoms. The van der Waals surface area contributed by atoms with Crippen molar-refractivity contribution in [1.29, 1.82) is 0 Å². The maximum atomic E-state index is 12.4. The molecule has 0 bridgehead atoms. The number of hydrogen-bond donors (Lipinski definition) is 1. The lowest BCUT2D eigenvalue weighted by atomic mass is 10.1. The van der Waals surface area contributed by atoms with Crippen LogP contribution in [0.15, 0.2) is 54.6 Å². The third-order valence-electron chi connectivity index (χ3n) is 3.82. The Hall–Kier alpha value is -1.74. The van der Waals surface area contributed by atoms with Gasteiger partial charge < -0.3 is 5.32 Å². The van der Waals surface area contributed by atoms with Crippen LogP contribution in [-0.4, -0.2) is 6.04 Å². The maximum absolute atomic E-state index is 12.4. The monoisotopic (exact) mass is 273 g/mol. The fraction of sp³-hybridized carbons (Fsp3) is 0.294. The molecule has 1 aliphatic rings. The van der Waals surface area contributed by atoms with Crippen LogP contribution in [0.1, 0.15) is 35.5 Å². The van der Waals surface area contributed by atoms with Crippen LogP contribution >= 0.6 is 0 Å². The van der Waals surface area contributed by atoms with Crippen molar-refractivity contribution in [1.82, 2.24) is 5.32 Å². The average Bonchev–Trinajstić information content (AvgIpc) is 3.26. The summed E-state index contributed by atoms with van der Waals surface area (Å²) in [5, 5.41) is 3.48. The van der Waals surface area contributed by atoms with Crippen molar-refractivity contribution in [2.75, 3.05) is 0 Å². The first-order valence-electron chi connectivity index (χ1n) is 6.89. The highest BCUT2D eigenvalue weighted by molar-refractivity contribution is 5.28. The molecule has 104 valence electrons. The van der Waals surface area contributed by atoms with Crippen LogP contribution in [-0.2, 0) is 6.54 Å². The zero-order chi connectivity index (χ0) is 13.9. The number of benzene rings is 2. The number of hydrogen-bond acceptors (Lipinski definition) is 1. The van der Waals surface area contributed by atoms with Crippen LogP contribution < -0.4 is 5.32 Å². The Balaban J connectivity index is 1.51. The number of alkyl halides is 2. The molecule has 0 radical (unpaired) electrons. The van der Waals surface area contributed by atoms with Crippen molar-refractivity contribution in [3.8, 4) is 0 Å². The molecule has 0 heterocycles. The summed E-state index contributed by atoms with van der Waals surface area (Å²) in [4.78, 5) is 0. The second-order valence-electron chi connectivity index (χ2n) is 5.28. The lowest BCUT2D eigenvalue weighted by Crippen LogP contribution is -2.17. The van der Waals surface area contributed by atoms with Crippen molar-refractivity contribution in [2.45, 2.75) is 31.4 Å². The van der Waals surface area contributed by atoms with Gasteiger partial charge in [-0.3, -0.25) is 0 Å². The molecule has 1 nitrogen and oxygen atoms in total. The SMILES string of the molecule is FC(F)c1ccc(CNC2CC2c2ccccc2)cc1. The van der Waals surface area contributed by atoms with E-state index in [-0.39, 0.29) is 5.56 Å². The summed E-state index contributed by atoms with van der Waals surface area (Å²) in [7, 11) is 0. The third kappa shape index (κ3) is 3.05. The molecule has 2 aromatic rings. The van der Waals surface area contributed by atoms with Gasteiger partial charge in [-0.25, -0.2) is 8.78 Å². The molecule has 1 saturated carbocycles. The maximum Gasteiger partial charge on any atom is 0.263 e. The highest BCUT2D eigenvalue weighted by Crippen LogP contribution is 2.40. The minimum atomic E-state index is -2.39. The Kier molecular flexibility index (Phi) is 3.79. The van der Waals surface area contributed by atoms with Gasteiger partial charge in [0.05, 0.1) is 0 Å². The van der Waals surface area contributed by atoms with Gasteiger partial charge in [-0.1, -0.05) is 54.6 Å². The van der Waals surface area contributed by atoms with Gasteiger partial charge in [-0.05, 0) is 17.5 Å². The van der Waals surface area contributed by atoms with Crippen LogP contribution in [0.2, 0.25) is 0 Å². The van der Waals surface area contributed by atoms with Crippen LogP contribution in [0.5, 0.6) is 0 Å². The van der Waals surface area contributed by atoms with Crippen molar-refractivity contribution >= 4 is 0 Å². The summed E-state index contributed by atoms with van der Waals surface area (Å²) in [5.41, 5.74) is 2.51. The molecular formula is C17H17F2N. The van der Waals surface area contributed by atoms with E-state index in [0.29, 0.717) is 12.0 Å². The molecule has 2 aromatic carbocycles. The predicted molar refractivity (Wildman–Crippen MR) is 75.8 cm³/mol. The first-order valence-corrected chi connectivity index (χ1v) is 6.89. The Labute approximate surface area is 117 Å². The second-order valence-corrected chi connectivity index (χ2v) is 5.28. The van der Waals surface area contributed by atoms with Crippen LogP contribution in [0, 0.1) is 0 Å². The van der Waals surface area contributed by atoms with E-state index in [0.717, 1.165) is 18.5 Å². The van der Waals surface area contributed by atoms with Crippen LogP contribution in [0.4, 0.5) is 8.78 Å². The average molecular weight is 273 g/mol. The lowest BCUT2D eigenvalue weighted by molar-refractivity contribution is 0.151. The minimum absolute atomic E-state index is 0.0855. The van der Waals surface area contributed by atoms with Crippen LogP contribution in [0.25, 0.3) is 0 Å². The van der Waals surface area contributed by atoms with E-state index in [4.69, 9.17) is 0 Å².